The molecule has 0 amide bonds. The van der Waals surface area contributed by atoms with Crippen molar-refractivity contribution in [2.45, 2.75) is 20.8 Å². The summed E-state index contributed by atoms with van der Waals surface area (Å²) < 4.78 is 0. The topological polar surface area (TPSA) is 56.0 Å². The average Bonchev–Trinajstić information content (AvgIpc) is 2.00. The third kappa shape index (κ3) is 1.28. The van der Waals surface area contributed by atoms with Crippen LogP contribution >= 0.6 is 0 Å². The molecule has 0 aliphatic heterocycles. The SMILES string of the molecule is Cc1ncc([N+](=O)[O-])c(C)c1C. The predicted octanol–water partition coefficient (Wildman–Crippen LogP) is 1.92. The molecule has 0 atom stereocenters. The second kappa shape index (κ2) is 2.89. The molecule has 0 aromatic carbocycles. The zero-order valence-electron chi connectivity index (χ0n) is 7.29. The first-order valence-electron chi connectivity index (χ1n) is 3.61. The number of rotatable bonds is 1. The first-order valence-corrected chi connectivity index (χ1v) is 3.61. The number of hydrogen-bond acceptors (Lipinski definition) is 3. The summed E-state index contributed by atoms with van der Waals surface area (Å²) in [6.45, 7) is 5.42. The van der Waals surface area contributed by atoms with Crippen LogP contribution in [0.5, 0.6) is 0 Å². The van der Waals surface area contributed by atoms with Gasteiger partial charge in [-0.25, -0.2) is 0 Å². The Bertz CT molecular complexity index is 334. The van der Waals surface area contributed by atoms with Gasteiger partial charge in [0.1, 0.15) is 6.20 Å². The van der Waals surface area contributed by atoms with E-state index in [4.69, 9.17) is 0 Å². The molecule has 0 bridgehead atoms. The summed E-state index contributed by atoms with van der Waals surface area (Å²) in [5, 5.41) is 10.5. The quantitative estimate of drug-likeness (QED) is 0.473. The highest BCUT2D eigenvalue weighted by Gasteiger charge is 2.13. The molecule has 0 saturated heterocycles. The molecule has 0 spiro atoms. The first kappa shape index (κ1) is 8.64. The van der Waals surface area contributed by atoms with Crippen LogP contribution < -0.4 is 0 Å². The Balaban J connectivity index is 3.36. The first-order chi connectivity index (χ1) is 5.54. The molecule has 0 aliphatic rings. The van der Waals surface area contributed by atoms with Crippen LogP contribution in [0, 0.1) is 30.9 Å². The number of pyridine rings is 1. The maximum Gasteiger partial charge on any atom is 0.290 e. The summed E-state index contributed by atoms with van der Waals surface area (Å²) in [5.41, 5.74) is 2.54. The summed E-state index contributed by atoms with van der Waals surface area (Å²) in [5.74, 6) is 0. The minimum Gasteiger partial charge on any atom is -0.258 e. The minimum atomic E-state index is -0.408. The molecule has 1 aromatic heterocycles. The van der Waals surface area contributed by atoms with Gasteiger partial charge >= 0.3 is 0 Å². The molecule has 0 saturated carbocycles. The fourth-order valence-electron chi connectivity index (χ4n) is 0.999. The molecule has 12 heavy (non-hydrogen) atoms. The van der Waals surface area contributed by atoms with Crippen molar-refractivity contribution in [3.63, 3.8) is 0 Å². The zero-order valence-corrected chi connectivity index (χ0v) is 7.29. The van der Waals surface area contributed by atoms with Gasteiger partial charge in [0.15, 0.2) is 0 Å². The summed E-state index contributed by atoms with van der Waals surface area (Å²) in [6.07, 6.45) is 1.30. The van der Waals surface area contributed by atoms with Crippen molar-refractivity contribution in [1.82, 2.24) is 4.98 Å². The van der Waals surface area contributed by atoms with Crippen LogP contribution in [0.25, 0.3) is 0 Å². The normalized spacial score (nSPS) is 9.92. The van der Waals surface area contributed by atoms with Gasteiger partial charge in [0.2, 0.25) is 0 Å². The highest BCUT2D eigenvalue weighted by Crippen LogP contribution is 2.20. The standard InChI is InChI=1S/C8H10N2O2/c1-5-6(2)8(10(11)12)4-9-7(5)3/h4H,1-3H3. The molecule has 64 valence electrons. The van der Waals surface area contributed by atoms with Crippen molar-refractivity contribution in [2.75, 3.05) is 0 Å². The van der Waals surface area contributed by atoms with Crippen molar-refractivity contribution in [2.24, 2.45) is 0 Å². The van der Waals surface area contributed by atoms with Crippen LogP contribution in [0.1, 0.15) is 16.8 Å². The van der Waals surface area contributed by atoms with Crippen molar-refractivity contribution in [1.29, 1.82) is 0 Å². The Morgan fingerprint density at radius 2 is 1.92 bits per heavy atom. The van der Waals surface area contributed by atoms with Gasteiger partial charge in [-0.1, -0.05) is 0 Å². The lowest BCUT2D eigenvalue weighted by Crippen LogP contribution is -1.97. The number of hydrogen-bond donors (Lipinski definition) is 0. The summed E-state index contributed by atoms with van der Waals surface area (Å²) in [7, 11) is 0. The van der Waals surface area contributed by atoms with Crippen molar-refractivity contribution in [3.05, 3.63) is 33.1 Å². The van der Waals surface area contributed by atoms with E-state index in [0.29, 0.717) is 5.56 Å². The molecule has 0 unspecified atom stereocenters. The van der Waals surface area contributed by atoms with Crippen LogP contribution in [0.4, 0.5) is 5.69 Å². The molecule has 0 radical (unpaired) electrons. The molecule has 4 heteroatoms. The maximum atomic E-state index is 10.5. The van der Waals surface area contributed by atoms with Gasteiger partial charge in [-0.2, -0.15) is 0 Å². The zero-order chi connectivity index (χ0) is 9.30. The van der Waals surface area contributed by atoms with E-state index >= 15 is 0 Å². The third-order valence-electron chi connectivity index (χ3n) is 2.07. The second-order valence-electron chi connectivity index (χ2n) is 2.74. The Hall–Kier alpha value is -1.45. The van der Waals surface area contributed by atoms with Crippen molar-refractivity contribution in [3.8, 4) is 0 Å². The van der Waals surface area contributed by atoms with Crippen LogP contribution in [0.2, 0.25) is 0 Å². The highest BCUT2D eigenvalue weighted by atomic mass is 16.6. The summed E-state index contributed by atoms with van der Waals surface area (Å²) in [6, 6.07) is 0. The van der Waals surface area contributed by atoms with Crippen LogP contribution in [-0.2, 0) is 0 Å². The summed E-state index contributed by atoms with van der Waals surface area (Å²) >= 11 is 0. The van der Waals surface area contributed by atoms with Gasteiger partial charge in [0.05, 0.1) is 4.92 Å². The molecule has 0 aliphatic carbocycles. The lowest BCUT2D eigenvalue weighted by molar-refractivity contribution is -0.385. The fraction of sp³-hybridized carbons (Fsp3) is 0.375. The number of aryl methyl sites for hydroxylation is 1. The number of aromatic nitrogens is 1. The third-order valence-corrected chi connectivity index (χ3v) is 2.07. The minimum absolute atomic E-state index is 0.0955. The van der Waals surface area contributed by atoms with Gasteiger partial charge < -0.3 is 0 Å². The van der Waals surface area contributed by atoms with Gasteiger partial charge in [0.25, 0.3) is 5.69 Å². The number of nitrogens with zero attached hydrogens (tertiary/aromatic N) is 2. The number of nitro groups is 1. The average molecular weight is 166 g/mol. The van der Waals surface area contributed by atoms with E-state index in [1.54, 1.807) is 6.92 Å². The highest BCUT2D eigenvalue weighted by molar-refractivity contribution is 5.43. The van der Waals surface area contributed by atoms with E-state index in [2.05, 4.69) is 4.98 Å². The van der Waals surface area contributed by atoms with Gasteiger partial charge in [-0.3, -0.25) is 15.1 Å². The van der Waals surface area contributed by atoms with E-state index in [1.807, 2.05) is 13.8 Å². The second-order valence-corrected chi connectivity index (χ2v) is 2.74. The van der Waals surface area contributed by atoms with Crippen molar-refractivity contribution >= 4 is 5.69 Å². The fourth-order valence-corrected chi connectivity index (χ4v) is 0.999. The van der Waals surface area contributed by atoms with Gasteiger partial charge in [0, 0.05) is 11.3 Å². The molecular weight excluding hydrogens is 156 g/mol. The molecule has 1 rings (SSSR count). The predicted molar refractivity (Wildman–Crippen MR) is 45.1 cm³/mol. The molecule has 4 nitrogen and oxygen atoms in total. The Labute approximate surface area is 70.4 Å². The van der Waals surface area contributed by atoms with E-state index in [0.717, 1.165) is 11.3 Å². The Morgan fingerprint density at radius 1 is 1.33 bits per heavy atom. The van der Waals surface area contributed by atoms with E-state index < -0.39 is 4.92 Å². The molecule has 1 aromatic rings. The lowest BCUT2D eigenvalue weighted by atomic mass is 10.1. The van der Waals surface area contributed by atoms with Gasteiger partial charge in [-0.05, 0) is 26.3 Å². The van der Waals surface area contributed by atoms with Gasteiger partial charge in [-0.15, -0.1) is 0 Å². The van der Waals surface area contributed by atoms with E-state index in [-0.39, 0.29) is 5.69 Å². The summed E-state index contributed by atoms with van der Waals surface area (Å²) in [4.78, 5) is 14.0. The van der Waals surface area contributed by atoms with E-state index in [9.17, 15) is 10.1 Å². The Morgan fingerprint density at radius 3 is 2.42 bits per heavy atom. The van der Waals surface area contributed by atoms with Crippen LogP contribution in [0.15, 0.2) is 6.20 Å². The van der Waals surface area contributed by atoms with Crippen LogP contribution in [-0.4, -0.2) is 9.91 Å². The Kier molecular flexibility index (Phi) is 2.08. The van der Waals surface area contributed by atoms with Crippen LogP contribution in [0.3, 0.4) is 0 Å². The molecule has 0 N–H and O–H groups in total. The lowest BCUT2D eigenvalue weighted by Gasteiger charge is -2.02. The smallest absolute Gasteiger partial charge is 0.258 e. The largest absolute Gasteiger partial charge is 0.290 e. The van der Waals surface area contributed by atoms with Crippen molar-refractivity contribution < 1.29 is 4.92 Å². The monoisotopic (exact) mass is 166 g/mol. The molecular formula is C8H10N2O2. The van der Waals surface area contributed by atoms with E-state index in [1.165, 1.54) is 6.20 Å². The molecule has 1 heterocycles. The molecule has 0 fully saturated rings. The maximum absolute atomic E-state index is 10.5.